The molecular weight excluding hydrogens is 140 g/mol. The largest absolute Gasteiger partial charge is 0.472 e. The van der Waals surface area contributed by atoms with Gasteiger partial charge in [-0.25, -0.2) is 0 Å². The number of rotatable bonds is 1. The molecule has 0 N–H and O–H groups in total. The molecule has 2 rings (SSSR count). The molecule has 11 heavy (non-hydrogen) atoms. The van der Waals surface area contributed by atoms with Crippen molar-refractivity contribution in [3.05, 3.63) is 36.7 Å². The molecule has 0 atom stereocenters. The highest BCUT2D eigenvalue weighted by molar-refractivity contribution is 5.60. The molecule has 56 valence electrons. The van der Waals surface area contributed by atoms with Gasteiger partial charge in [0.15, 0.2) is 0 Å². The first kappa shape index (κ1) is 6.28. The van der Waals surface area contributed by atoms with Crippen molar-refractivity contribution in [2.24, 2.45) is 0 Å². The van der Waals surface area contributed by atoms with Crippen LogP contribution in [0.25, 0.3) is 11.1 Å². The third-order valence-corrected chi connectivity index (χ3v) is 1.59. The van der Waals surface area contributed by atoms with E-state index in [0.29, 0.717) is 0 Å². The normalized spacial score (nSPS) is 10.3. The van der Waals surface area contributed by atoms with E-state index in [1.165, 1.54) is 0 Å². The number of hydrogen-bond acceptors (Lipinski definition) is 2. The summed E-state index contributed by atoms with van der Waals surface area (Å²) in [5.74, 6) is 0.918. The van der Waals surface area contributed by atoms with Gasteiger partial charge in [0.2, 0.25) is 0 Å². The van der Waals surface area contributed by atoms with E-state index in [-0.39, 0.29) is 0 Å². The lowest BCUT2D eigenvalue weighted by molar-refractivity contribution is 0.534. The Bertz CT molecular complexity index is 330. The molecule has 0 spiro atoms. The van der Waals surface area contributed by atoms with Crippen molar-refractivity contribution >= 4 is 0 Å². The molecule has 0 bridgehead atoms. The molecule has 0 fully saturated rings. The molecule has 2 nitrogen and oxygen atoms in total. The minimum atomic E-state index is 0.918. The van der Waals surface area contributed by atoms with Gasteiger partial charge >= 0.3 is 0 Å². The summed E-state index contributed by atoms with van der Waals surface area (Å²) in [5.41, 5.74) is 2.12. The quantitative estimate of drug-likeness (QED) is 0.621. The smallest absolute Gasteiger partial charge is 0.101 e. The van der Waals surface area contributed by atoms with Crippen LogP contribution in [0.1, 0.15) is 5.76 Å². The molecule has 0 amide bonds. The summed E-state index contributed by atoms with van der Waals surface area (Å²) in [4.78, 5) is 0. The van der Waals surface area contributed by atoms with Crippen LogP contribution < -0.4 is 0 Å². The number of aryl methyl sites for hydroxylation is 1. The van der Waals surface area contributed by atoms with Crippen molar-refractivity contribution in [1.29, 1.82) is 0 Å². The fourth-order valence-electron chi connectivity index (χ4n) is 1.02. The minimum Gasteiger partial charge on any atom is -0.472 e. The van der Waals surface area contributed by atoms with Crippen molar-refractivity contribution in [1.82, 2.24) is 0 Å². The van der Waals surface area contributed by atoms with E-state index in [2.05, 4.69) is 0 Å². The molecule has 0 aromatic carbocycles. The Morgan fingerprint density at radius 3 is 2.64 bits per heavy atom. The van der Waals surface area contributed by atoms with Gasteiger partial charge < -0.3 is 8.83 Å². The summed E-state index contributed by atoms with van der Waals surface area (Å²) < 4.78 is 10.1. The third kappa shape index (κ3) is 1.07. The average molecular weight is 148 g/mol. The van der Waals surface area contributed by atoms with Gasteiger partial charge in [-0.15, -0.1) is 0 Å². The summed E-state index contributed by atoms with van der Waals surface area (Å²) in [6.07, 6.45) is 5.07. The van der Waals surface area contributed by atoms with Gasteiger partial charge in [0, 0.05) is 11.1 Å². The highest BCUT2D eigenvalue weighted by Gasteiger charge is 2.00. The standard InChI is InChI=1S/C9H8O2/c1-7-4-9(6-11-7)8-2-3-10-5-8/h2-6H,1H3. The maximum atomic E-state index is 5.15. The lowest BCUT2D eigenvalue weighted by Gasteiger charge is -1.82. The van der Waals surface area contributed by atoms with Gasteiger partial charge in [0.25, 0.3) is 0 Å². The van der Waals surface area contributed by atoms with E-state index < -0.39 is 0 Å². The Balaban J connectivity index is 2.45. The number of furan rings is 2. The summed E-state index contributed by atoms with van der Waals surface area (Å²) in [7, 11) is 0. The fraction of sp³-hybridized carbons (Fsp3) is 0.111. The Labute approximate surface area is 64.4 Å². The maximum absolute atomic E-state index is 5.15. The first-order valence-corrected chi connectivity index (χ1v) is 3.44. The molecule has 0 aliphatic carbocycles. The third-order valence-electron chi connectivity index (χ3n) is 1.59. The van der Waals surface area contributed by atoms with Gasteiger partial charge in [-0.05, 0) is 19.1 Å². The van der Waals surface area contributed by atoms with Crippen molar-refractivity contribution in [2.75, 3.05) is 0 Å². The molecule has 0 aliphatic rings. The highest BCUT2D eigenvalue weighted by atomic mass is 16.3. The van der Waals surface area contributed by atoms with Crippen LogP contribution in [0, 0.1) is 6.92 Å². The van der Waals surface area contributed by atoms with Gasteiger partial charge in [-0.1, -0.05) is 0 Å². The van der Waals surface area contributed by atoms with Crippen LogP contribution in [-0.4, -0.2) is 0 Å². The van der Waals surface area contributed by atoms with Gasteiger partial charge in [-0.3, -0.25) is 0 Å². The first-order valence-electron chi connectivity index (χ1n) is 3.44. The second-order valence-electron chi connectivity index (χ2n) is 2.46. The van der Waals surface area contributed by atoms with Crippen LogP contribution in [0.4, 0.5) is 0 Å². The average Bonchev–Trinajstić information content (AvgIpc) is 2.55. The fourth-order valence-corrected chi connectivity index (χ4v) is 1.02. The van der Waals surface area contributed by atoms with Gasteiger partial charge in [0.1, 0.15) is 5.76 Å². The number of hydrogen-bond donors (Lipinski definition) is 0. The Hall–Kier alpha value is -1.44. The van der Waals surface area contributed by atoms with Crippen LogP contribution in [0.5, 0.6) is 0 Å². The second kappa shape index (κ2) is 2.31. The van der Waals surface area contributed by atoms with E-state index in [4.69, 9.17) is 8.83 Å². The van der Waals surface area contributed by atoms with E-state index in [1.54, 1.807) is 18.8 Å². The summed E-state index contributed by atoms with van der Waals surface area (Å²) in [6.45, 7) is 1.92. The minimum absolute atomic E-state index is 0.918. The molecule has 0 radical (unpaired) electrons. The molecule has 2 heterocycles. The zero-order valence-corrected chi connectivity index (χ0v) is 6.20. The Morgan fingerprint density at radius 1 is 1.18 bits per heavy atom. The van der Waals surface area contributed by atoms with E-state index in [9.17, 15) is 0 Å². The van der Waals surface area contributed by atoms with Crippen LogP contribution >= 0.6 is 0 Å². The lowest BCUT2D eigenvalue weighted by Crippen LogP contribution is -1.62. The highest BCUT2D eigenvalue weighted by Crippen LogP contribution is 2.21. The van der Waals surface area contributed by atoms with Crippen molar-refractivity contribution in [3.63, 3.8) is 0 Å². The van der Waals surface area contributed by atoms with E-state index in [1.807, 2.05) is 19.1 Å². The van der Waals surface area contributed by atoms with Gasteiger partial charge in [0.05, 0.1) is 18.8 Å². The summed E-state index contributed by atoms with van der Waals surface area (Å²) >= 11 is 0. The molecule has 0 aliphatic heterocycles. The Morgan fingerprint density at radius 2 is 2.09 bits per heavy atom. The lowest BCUT2D eigenvalue weighted by atomic mass is 10.2. The van der Waals surface area contributed by atoms with Crippen molar-refractivity contribution in [3.8, 4) is 11.1 Å². The van der Waals surface area contributed by atoms with Crippen LogP contribution in [0.15, 0.2) is 39.8 Å². The molecule has 2 aromatic heterocycles. The predicted molar refractivity (Wildman–Crippen MR) is 41.1 cm³/mol. The van der Waals surface area contributed by atoms with Crippen LogP contribution in [0.3, 0.4) is 0 Å². The zero-order valence-electron chi connectivity index (χ0n) is 6.20. The van der Waals surface area contributed by atoms with E-state index in [0.717, 1.165) is 16.9 Å². The first-order chi connectivity index (χ1) is 5.36. The van der Waals surface area contributed by atoms with E-state index >= 15 is 0 Å². The van der Waals surface area contributed by atoms with Crippen LogP contribution in [-0.2, 0) is 0 Å². The van der Waals surface area contributed by atoms with Gasteiger partial charge in [-0.2, -0.15) is 0 Å². The Kier molecular flexibility index (Phi) is 1.32. The van der Waals surface area contributed by atoms with Crippen molar-refractivity contribution < 1.29 is 8.83 Å². The predicted octanol–water partition coefficient (Wildman–Crippen LogP) is 2.85. The molecule has 0 saturated carbocycles. The second-order valence-corrected chi connectivity index (χ2v) is 2.46. The molecule has 2 aromatic rings. The van der Waals surface area contributed by atoms with Crippen molar-refractivity contribution in [2.45, 2.75) is 6.92 Å². The zero-order chi connectivity index (χ0) is 7.68. The molecule has 0 saturated heterocycles. The summed E-state index contributed by atoms with van der Waals surface area (Å²) in [5, 5.41) is 0. The monoisotopic (exact) mass is 148 g/mol. The SMILES string of the molecule is Cc1cc(-c2ccoc2)co1. The topological polar surface area (TPSA) is 26.3 Å². The maximum Gasteiger partial charge on any atom is 0.101 e. The molecule has 2 heteroatoms. The van der Waals surface area contributed by atoms with Crippen LogP contribution in [0.2, 0.25) is 0 Å². The summed E-state index contributed by atoms with van der Waals surface area (Å²) in [6, 6.07) is 3.88. The molecule has 0 unspecified atom stereocenters. The molecular formula is C9H8O2.